The molecule has 0 aliphatic carbocycles. The Kier molecular flexibility index (Phi) is 6.00. The van der Waals surface area contributed by atoms with Crippen molar-refractivity contribution in [3.63, 3.8) is 0 Å². The third kappa shape index (κ3) is 3.87. The van der Waals surface area contributed by atoms with E-state index in [4.69, 9.17) is 26.4 Å². The second-order valence-electron chi connectivity index (χ2n) is 5.53. The van der Waals surface area contributed by atoms with Gasteiger partial charge in [0.05, 0.1) is 32.0 Å². The number of phenols is 1. The molecular weight excluding hydrogens is 448 g/mol. The molecule has 0 aliphatic rings. The highest BCUT2D eigenvalue weighted by molar-refractivity contribution is 9.10. The molecule has 0 spiro atoms. The van der Waals surface area contributed by atoms with Crippen LogP contribution in [0.4, 0.5) is 0 Å². The van der Waals surface area contributed by atoms with Crippen LogP contribution in [0.1, 0.15) is 5.56 Å². The van der Waals surface area contributed by atoms with Gasteiger partial charge in [0.1, 0.15) is 0 Å². The Balaban J connectivity index is 2.02. The molecule has 2 N–H and O–H groups in total. The van der Waals surface area contributed by atoms with Crippen molar-refractivity contribution in [2.45, 2.75) is 0 Å². The molecule has 0 radical (unpaired) electrons. The molecule has 0 atom stereocenters. The lowest BCUT2D eigenvalue weighted by Gasteiger charge is -2.09. The first-order valence-electron chi connectivity index (χ1n) is 7.99. The zero-order chi connectivity index (χ0) is 20.3. The maximum atomic E-state index is 9.93. The van der Waals surface area contributed by atoms with Crippen LogP contribution < -0.4 is 14.2 Å². The van der Waals surface area contributed by atoms with E-state index in [1.165, 1.54) is 11.8 Å². The molecule has 3 aromatic rings. The van der Waals surface area contributed by atoms with Gasteiger partial charge < -0.3 is 19.3 Å². The normalized spacial score (nSPS) is 11.0. The van der Waals surface area contributed by atoms with Crippen LogP contribution in [0.5, 0.6) is 23.0 Å². The van der Waals surface area contributed by atoms with Crippen molar-refractivity contribution in [3.8, 4) is 34.4 Å². The van der Waals surface area contributed by atoms with E-state index >= 15 is 0 Å². The molecule has 3 rings (SSSR count). The highest BCUT2D eigenvalue weighted by atomic mass is 79.9. The zero-order valence-electron chi connectivity index (χ0n) is 15.3. The van der Waals surface area contributed by atoms with Crippen LogP contribution in [0.15, 0.2) is 39.9 Å². The van der Waals surface area contributed by atoms with Gasteiger partial charge in [-0.1, -0.05) is 0 Å². The predicted octanol–water partition coefficient (Wildman–Crippen LogP) is 3.98. The van der Waals surface area contributed by atoms with Crippen molar-refractivity contribution >= 4 is 34.4 Å². The number of rotatable bonds is 6. The Hall–Kier alpha value is -2.85. The summed E-state index contributed by atoms with van der Waals surface area (Å²) in [7, 11) is 4.61. The first kappa shape index (κ1) is 19.9. The number of nitrogens with zero attached hydrogens (tertiary/aromatic N) is 3. The fourth-order valence-electron chi connectivity index (χ4n) is 2.51. The smallest absolute Gasteiger partial charge is 0.216 e. The van der Waals surface area contributed by atoms with Crippen LogP contribution in [0.3, 0.4) is 0 Å². The average molecular weight is 465 g/mol. The molecule has 146 valence electrons. The number of phenolic OH excluding ortho intramolecular Hbond substituents is 1. The third-order valence-electron chi connectivity index (χ3n) is 3.89. The summed E-state index contributed by atoms with van der Waals surface area (Å²) >= 11 is 8.58. The average Bonchev–Trinajstić information content (AvgIpc) is 3.08. The Morgan fingerprint density at radius 3 is 2.50 bits per heavy atom. The van der Waals surface area contributed by atoms with Gasteiger partial charge in [0.15, 0.2) is 28.8 Å². The van der Waals surface area contributed by atoms with E-state index in [0.717, 1.165) is 5.56 Å². The molecule has 0 unspecified atom stereocenters. The summed E-state index contributed by atoms with van der Waals surface area (Å²) in [5, 5.41) is 21.3. The van der Waals surface area contributed by atoms with Gasteiger partial charge in [-0.05, 0) is 64.0 Å². The molecule has 0 saturated carbocycles. The minimum atomic E-state index is 0.0191. The van der Waals surface area contributed by atoms with E-state index < -0.39 is 0 Å². The number of nitrogens with one attached hydrogen (secondary N) is 1. The van der Waals surface area contributed by atoms with Crippen LogP contribution in [-0.2, 0) is 0 Å². The van der Waals surface area contributed by atoms with Crippen LogP contribution in [0.2, 0.25) is 0 Å². The Morgan fingerprint density at radius 1 is 1.11 bits per heavy atom. The van der Waals surface area contributed by atoms with Crippen molar-refractivity contribution in [2.75, 3.05) is 21.3 Å². The van der Waals surface area contributed by atoms with E-state index in [1.807, 2.05) is 6.07 Å². The third-order valence-corrected chi connectivity index (χ3v) is 4.75. The number of aromatic amines is 1. The van der Waals surface area contributed by atoms with Crippen LogP contribution in [0.25, 0.3) is 11.4 Å². The van der Waals surface area contributed by atoms with Crippen LogP contribution in [-0.4, -0.2) is 47.5 Å². The second-order valence-corrected chi connectivity index (χ2v) is 6.77. The number of methoxy groups -OCH3 is 3. The maximum absolute atomic E-state index is 9.93. The molecular formula is C18H17BrN4O4S. The first-order valence-corrected chi connectivity index (χ1v) is 9.19. The van der Waals surface area contributed by atoms with Crippen molar-refractivity contribution in [3.05, 3.63) is 45.1 Å². The zero-order valence-corrected chi connectivity index (χ0v) is 17.7. The predicted molar refractivity (Wildman–Crippen MR) is 111 cm³/mol. The van der Waals surface area contributed by atoms with E-state index in [9.17, 15) is 5.11 Å². The second kappa shape index (κ2) is 8.44. The van der Waals surface area contributed by atoms with Gasteiger partial charge in [0.25, 0.3) is 0 Å². The van der Waals surface area contributed by atoms with Gasteiger partial charge >= 0.3 is 0 Å². The molecule has 8 nitrogen and oxygen atoms in total. The monoisotopic (exact) mass is 464 g/mol. The number of ether oxygens (including phenoxy) is 3. The molecule has 2 aromatic carbocycles. The molecule has 28 heavy (non-hydrogen) atoms. The Morgan fingerprint density at radius 2 is 1.82 bits per heavy atom. The standard InChI is InChI=1S/C18H17BrN4O4S/c1-25-13-5-4-11(8-14(13)26-2)17-21-22-18(28)23(17)20-9-10-6-12(19)16(24)15(7-10)27-3/h4-9,24H,1-3H3,(H,22,28). The number of benzene rings is 2. The molecule has 0 amide bonds. The van der Waals surface area contributed by atoms with E-state index in [1.54, 1.807) is 44.7 Å². The summed E-state index contributed by atoms with van der Waals surface area (Å²) in [5.74, 6) is 2.03. The van der Waals surface area contributed by atoms with Crippen LogP contribution in [0, 0.1) is 4.77 Å². The Bertz CT molecular complexity index is 1090. The topological polar surface area (TPSA) is 93.9 Å². The van der Waals surface area contributed by atoms with Crippen LogP contribution >= 0.6 is 28.1 Å². The molecule has 0 bridgehead atoms. The van der Waals surface area contributed by atoms with Gasteiger partial charge in [-0.3, -0.25) is 0 Å². The largest absolute Gasteiger partial charge is 0.503 e. The summed E-state index contributed by atoms with van der Waals surface area (Å²) < 4.78 is 18.1. The van der Waals surface area contributed by atoms with Gasteiger partial charge in [-0.2, -0.15) is 14.9 Å². The summed E-state index contributed by atoms with van der Waals surface area (Å²) in [5.41, 5.74) is 1.44. The molecule has 0 saturated heterocycles. The highest BCUT2D eigenvalue weighted by Crippen LogP contribution is 2.35. The summed E-state index contributed by atoms with van der Waals surface area (Å²) in [6.07, 6.45) is 1.59. The van der Waals surface area contributed by atoms with E-state index in [-0.39, 0.29) is 5.75 Å². The molecule has 10 heteroatoms. The summed E-state index contributed by atoms with van der Waals surface area (Å²) in [4.78, 5) is 0. The molecule has 0 aliphatic heterocycles. The van der Waals surface area contributed by atoms with Crippen molar-refractivity contribution in [1.29, 1.82) is 0 Å². The number of aromatic nitrogens is 3. The minimum absolute atomic E-state index is 0.0191. The van der Waals surface area contributed by atoms with Crippen molar-refractivity contribution in [1.82, 2.24) is 14.9 Å². The fraction of sp³-hybridized carbons (Fsp3) is 0.167. The number of H-pyrrole nitrogens is 1. The van der Waals surface area contributed by atoms with Gasteiger partial charge in [0.2, 0.25) is 4.77 Å². The Labute approximate surface area is 174 Å². The van der Waals surface area contributed by atoms with Gasteiger partial charge in [-0.25, -0.2) is 5.10 Å². The highest BCUT2D eigenvalue weighted by Gasteiger charge is 2.13. The number of halogens is 1. The van der Waals surface area contributed by atoms with Gasteiger partial charge in [0, 0.05) is 5.56 Å². The quantitative estimate of drug-likeness (QED) is 0.423. The van der Waals surface area contributed by atoms with E-state index in [0.29, 0.717) is 37.9 Å². The number of hydrogen-bond donors (Lipinski definition) is 2. The maximum Gasteiger partial charge on any atom is 0.216 e. The van der Waals surface area contributed by atoms with Crippen molar-refractivity contribution < 1.29 is 19.3 Å². The first-order chi connectivity index (χ1) is 13.5. The van der Waals surface area contributed by atoms with E-state index in [2.05, 4.69) is 31.2 Å². The lowest BCUT2D eigenvalue weighted by Crippen LogP contribution is -1.97. The lowest BCUT2D eigenvalue weighted by molar-refractivity contribution is 0.355. The summed E-state index contributed by atoms with van der Waals surface area (Å²) in [6.45, 7) is 0. The molecule has 0 fully saturated rings. The summed E-state index contributed by atoms with van der Waals surface area (Å²) in [6, 6.07) is 8.76. The number of aromatic hydroxyl groups is 1. The fourth-order valence-corrected chi connectivity index (χ4v) is 3.15. The van der Waals surface area contributed by atoms with Gasteiger partial charge in [-0.15, -0.1) is 0 Å². The van der Waals surface area contributed by atoms with Crippen molar-refractivity contribution in [2.24, 2.45) is 5.10 Å². The minimum Gasteiger partial charge on any atom is -0.503 e. The molecule has 1 heterocycles. The molecule has 1 aromatic heterocycles. The lowest BCUT2D eigenvalue weighted by atomic mass is 10.2. The number of hydrogen-bond acceptors (Lipinski definition) is 7. The SMILES string of the molecule is COc1ccc(-c2n[nH]c(=S)n2N=Cc2cc(Br)c(O)c(OC)c2)cc1OC.